The fourth-order valence-corrected chi connectivity index (χ4v) is 1.93. The van der Waals surface area contributed by atoms with E-state index in [9.17, 15) is 13.2 Å². The first-order valence-corrected chi connectivity index (χ1v) is 6.34. The Morgan fingerprint density at radius 1 is 1.15 bits per heavy atom. The van der Waals surface area contributed by atoms with E-state index in [2.05, 4.69) is 5.32 Å². The molecule has 0 amide bonds. The molecule has 0 spiro atoms. The van der Waals surface area contributed by atoms with Crippen LogP contribution >= 0.6 is 0 Å². The highest BCUT2D eigenvalue weighted by Crippen LogP contribution is 2.43. The molecule has 0 aromatic heterocycles. The standard InChI is InChI=1S/C14H20F3NO2/c1-5-8-18-13(2,14(15,16)17)11-9-10(19-3)6-7-12(11)20-4/h6-7,9,18H,5,8H2,1-4H3. The lowest BCUT2D eigenvalue weighted by Gasteiger charge is -2.34. The molecule has 0 bridgehead atoms. The fourth-order valence-electron chi connectivity index (χ4n) is 1.93. The third kappa shape index (κ3) is 3.17. The second-order valence-electron chi connectivity index (χ2n) is 4.62. The predicted molar refractivity (Wildman–Crippen MR) is 71.2 cm³/mol. The molecular formula is C14H20F3NO2. The number of rotatable bonds is 6. The number of alkyl halides is 3. The molecule has 0 aliphatic carbocycles. The van der Waals surface area contributed by atoms with Crippen LogP contribution in [0.15, 0.2) is 18.2 Å². The smallest absolute Gasteiger partial charge is 0.410 e. The maximum absolute atomic E-state index is 13.5. The van der Waals surface area contributed by atoms with E-state index < -0.39 is 11.7 Å². The largest absolute Gasteiger partial charge is 0.497 e. The fraction of sp³-hybridized carbons (Fsp3) is 0.571. The molecule has 0 radical (unpaired) electrons. The van der Waals surface area contributed by atoms with Gasteiger partial charge in [-0.3, -0.25) is 0 Å². The van der Waals surface area contributed by atoms with E-state index in [1.165, 1.54) is 26.4 Å². The first-order valence-electron chi connectivity index (χ1n) is 6.34. The molecule has 6 heteroatoms. The number of ether oxygens (including phenoxy) is 2. The monoisotopic (exact) mass is 291 g/mol. The number of halogens is 3. The van der Waals surface area contributed by atoms with Crippen LogP contribution in [0.25, 0.3) is 0 Å². The number of methoxy groups -OCH3 is 2. The van der Waals surface area contributed by atoms with E-state index in [1.807, 2.05) is 6.92 Å². The van der Waals surface area contributed by atoms with Crippen molar-refractivity contribution in [3.63, 3.8) is 0 Å². The summed E-state index contributed by atoms with van der Waals surface area (Å²) < 4.78 is 50.6. The highest BCUT2D eigenvalue weighted by Gasteiger charge is 2.53. The Morgan fingerprint density at radius 2 is 1.80 bits per heavy atom. The summed E-state index contributed by atoms with van der Waals surface area (Å²) in [5.41, 5.74) is -2.18. The summed E-state index contributed by atoms with van der Waals surface area (Å²) in [6.45, 7) is 3.17. The summed E-state index contributed by atoms with van der Waals surface area (Å²) in [6.07, 6.45) is -3.86. The highest BCUT2D eigenvalue weighted by molar-refractivity contribution is 5.45. The van der Waals surface area contributed by atoms with Crippen molar-refractivity contribution in [3.8, 4) is 11.5 Å². The molecule has 1 N–H and O–H groups in total. The quantitative estimate of drug-likeness (QED) is 0.870. The van der Waals surface area contributed by atoms with E-state index in [4.69, 9.17) is 9.47 Å². The van der Waals surface area contributed by atoms with Crippen LogP contribution in [-0.4, -0.2) is 26.9 Å². The molecule has 20 heavy (non-hydrogen) atoms. The van der Waals surface area contributed by atoms with Gasteiger partial charge in [-0.1, -0.05) is 6.92 Å². The van der Waals surface area contributed by atoms with Crippen molar-refractivity contribution in [2.24, 2.45) is 0 Å². The summed E-state index contributed by atoms with van der Waals surface area (Å²) in [5.74, 6) is 0.531. The second kappa shape index (κ2) is 6.35. The molecule has 0 saturated carbocycles. The lowest BCUT2D eigenvalue weighted by atomic mass is 9.89. The zero-order valence-corrected chi connectivity index (χ0v) is 12.1. The van der Waals surface area contributed by atoms with Gasteiger partial charge in [-0.2, -0.15) is 13.2 Å². The zero-order valence-electron chi connectivity index (χ0n) is 12.1. The Hall–Kier alpha value is -1.43. The first-order chi connectivity index (χ1) is 9.30. The van der Waals surface area contributed by atoms with Gasteiger partial charge < -0.3 is 14.8 Å². The van der Waals surface area contributed by atoms with Crippen molar-refractivity contribution >= 4 is 0 Å². The molecule has 1 rings (SSSR count). The van der Waals surface area contributed by atoms with E-state index in [0.717, 1.165) is 6.92 Å². The second-order valence-corrected chi connectivity index (χ2v) is 4.62. The molecule has 1 unspecified atom stereocenters. The van der Waals surface area contributed by atoms with Crippen LogP contribution in [0.1, 0.15) is 25.8 Å². The van der Waals surface area contributed by atoms with Crippen LogP contribution in [0.2, 0.25) is 0 Å². The van der Waals surface area contributed by atoms with Crippen LogP contribution in [0.5, 0.6) is 11.5 Å². The molecule has 0 fully saturated rings. The van der Waals surface area contributed by atoms with Gasteiger partial charge in [0.05, 0.1) is 14.2 Å². The van der Waals surface area contributed by atoms with Crippen molar-refractivity contribution in [1.82, 2.24) is 5.32 Å². The first kappa shape index (κ1) is 16.6. The zero-order chi connectivity index (χ0) is 15.4. The topological polar surface area (TPSA) is 30.5 Å². The number of hydrogen-bond acceptors (Lipinski definition) is 3. The Bertz CT molecular complexity index is 449. The van der Waals surface area contributed by atoms with Gasteiger partial charge in [0.15, 0.2) is 0 Å². The van der Waals surface area contributed by atoms with Gasteiger partial charge in [-0.15, -0.1) is 0 Å². The van der Waals surface area contributed by atoms with Crippen LogP contribution in [0.3, 0.4) is 0 Å². The molecule has 1 aromatic rings. The van der Waals surface area contributed by atoms with E-state index in [1.54, 1.807) is 6.07 Å². The van der Waals surface area contributed by atoms with E-state index in [0.29, 0.717) is 12.2 Å². The van der Waals surface area contributed by atoms with Crippen molar-refractivity contribution in [2.45, 2.75) is 32.0 Å². The molecule has 1 atom stereocenters. The van der Waals surface area contributed by atoms with E-state index in [-0.39, 0.29) is 17.9 Å². The SMILES string of the molecule is CCCNC(C)(c1cc(OC)ccc1OC)C(F)(F)F. The summed E-state index contributed by atoms with van der Waals surface area (Å²) >= 11 is 0. The third-order valence-electron chi connectivity index (χ3n) is 3.24. The lowest BCUT2D eigenvalue weighted by Crippen LogP contribution is -2.52. The molecule has 0 heterocycles. The minimum Gasteiger partial charge on any atom is -0.497 e. The average molecular weight is 291 g/mol. The van der Waals surface area contributed by atoms with Crippen LogP contribution in [0.4, 0.5) is 13.2 Å². The molecular weight excluding hydrogens is 271 g/mol. The Labute approximate surface area is 117 Å². The molecule has 0 saturated heterocycles. The van der Waals surface area contributed by atoms with Crippen molar-refractivity contribution < 1.29 is 22.6 Å². The molecule has 3 nitrogen and oxygen atoms in total. The number of benzene rings is 1. The van der Waals surface area contributed by atoms with Gasteiger partial charge in [0.2, 0.25) is 0 Å². The molecule has 0 aliphatic rings. The van der Waals surface area contributed by atoms with Gasteiger partial charge in [-0.05, 0) is 38.1 Å². The van der Waals surface area contributed by atoms with Crippen LogP contribution in [0, 0.1) is 0 Å². The molecule has 114 valence electrons. The van der Waals surface area contributed by atoms with Gasteiger partial charge in [0.1, 0.15) is 17.0 Å². The predicted octanol–water partition coefficient (Wildman–Crippen LogP) is 3.48. The summed E-state index contributed by atoms with van der Waals surface area (Å²) in [6, 6.07) is 4.40. The highest BCUT2D eigenvalue weighted by atomic mass is 19.4. The van der Waals surface area contributed by atoms with Crippen molar-refractivity contribution in [2.75, 3.05) is 20.8 Å². The number of hydrogen-bond donors (Lipinski definition) is 1. The lowest BCUT2D eigenvalue weighted by molar-refractivity contribution is -0.195. The van der Waals surface area contributed by atoms with Crippen molar-refractivity contribution in [1.29, 1.82) is 0 Å². The molecule has 1 aromatic carbocycles. The van der Waals surface area contributed by atoms with Gasteiger partial charge in [0.25, 0.3) is 0 Å². The Morgan fingerprint density at radius 3 is 2.25 bits per heavy atom. The summed E-state index contributed by atoms with van der Waals surface area (Å²) in [4.78, 5) is 0. The maximum atomic E-state index is 13.5. The van der Waals surface area contributed by atoms with Gasteiger partial charge in [0, 0.05) is 5.56 Å². The van der Waals surface area contributed by atoms with Crippen LogP contribution < -0.4 is 14.8 Å². The van der Waals surface area contributed by atoms with E-state index >= 15 is 0 Å². The minimum atomic E-state index is -4.46. The van der Waals surface area contributed by atoms with Gasteiger partial charge in [-0.25, -0.2) is 0 Å². The average Bonchev–Trinajstić information content (AvgIpc) is 2.42. The molecule has 0 aliphatic heterocycles. The third-order valence-corrected chi connectivity index (χ3v) is 3.24. The maximum Gasteiger partial charge on any atom is 0.410 e. The normalized spacial score (nSPS) is 14.8. The summed E-state index contributed by atoms with van der Waals surface area (Å²) in [7, 11) is 2.76. The summed E-state index contributed by atoms with van der Waals surface area (Å²) in [5, 5.41) is 2.57. The number of nitrogens with one attached hydrogen (secondary N) is 1. The van der Waals surface area contributed by atoms with Crippen LogP contribution in [-0.2, 0) is 5.54 Å². The van der Waals surface area contributed by atoms with Crippen molar-refractivity contribution in [3.05, 3.63) is 23.8 Å². The Kier molecular flexibility index (Phi) is 5.28. The Balaban J connectivity index is 3.39. The van der Waals surface area contributed by atoms with Gasteiger partial charge >= 0.3 is 6.18 Å². The minimum absolute atomic E-state index is 0.0142.